The second-order valence-corrected chi connectivity index (χ2v) is 10.4. The molecule has 0 radical (unpaired) electrons. The molecule has 0 fully saturated rings. The van der Waals surface area contributed by atoms with Crippen molar-refractivity contribution in [2.24, 2.45) is 0 Å². The first-order chi connectivity index (χ1) is 16.8. The fourth-order valence-corrected chi connectivity index (χ4v) is 5.44. The number of hydrogen-bond acceptors (Lipinski definition) is 9. The first-order valence-corrected chi connectivity index (χ1v) is 12.6. The molecule has 0 aliphatic rings. The number of nitrogens with one attached hydrogen (secondary N) is 2. The zero-order chi connectivity index (χ0) is 24.9. The van der Waals surface area contributed by atoms with Crippen LogP contribution in [0, 0.1) is 9.77 Å². The molecule has 4 aromatic rings. The Hall–Kier alpha value is -3.13. The van der Waals surface area contributed by atoms with E-state index < -0.39 is 11.8 Å². The Balaban J connectivity index is 1.48. The Morgan fingerprint density at radius 2 is 2.06 bits per heavy atom. The molecule has 3 N–H and O–H groups in total. The number of thioether (sulfide) groups is 1. The molecule has 0 spiro atoms. The van der Waals surface area contributed by atoms with Crippen molar-refractivity contribution in [3.63, 3.8) is 0 Å². The third kappa shape index (κ3) is 6.31. The summed E-state index contributed by atoms with van der Waals surface area (Å²) in [7, 11) is 0. The van der Waals surface area contributed by atoms with Gasteiger partial charge in [0.2, 0.25) is 0 Å². The number of aliphatic carboxylic acids is 1. The molecule has 2 aromatic carbocycles. The van der Waals surface area contributed by atoms with E-state index >= 15 is 0 Å². The number of carboxylic acids is 1. The largest absolute Gasteiger partial charge is 0.481 e. The molecule has 0 unspecified atom stereocenters. The number of carbonyl (C=O) groups is 2. The van der Waals surface area contributed by atoms with Crippen LogP contribution in [0.2, 0.25) is 5.02 Å². The molecule has 0 saturated carbocycles. The van der Waals surface area contributed by atoms with Crippen LogP contribution in [0.15, 0.2) is 47.1 Å². The fraction of sp³-hybridized carbons (Fsp3) is 0.143. The molecule has 0 bridgehead atoms. The average Bonchev–Trinajstić information content (AvgIpc) is 3.18. The van der Waals surface area contributed by atoms with E-state index in [2.05, 4.69) is 25.7 Å². The smallest absolute Gasteiger partial charge is 0.304 e. The number of carboxylic acid groups (broad SMARTS) is 1. The molecule has 0 aliphatic carbocycles. The molecular formula is C21H16ClFN6O3S3. The van der Waals surface area contributed by atoms with E-state index in [4.69, 9.17) is 28.9 Å². The van der Waals surface area contributed by atoms with Gasteiger partial charge in [-0.3, -0.25) is 9.59 Å². The van der Waals surface area contributed by atoms with E-state index in [0.717, 1.165) is 0 Å². The predicted octanol–water partition coefficient (Wildman–Crippen LogP) is 5.11. The van der Waals surface area contributed by atoms with Gasteiger partial charge >= 0.3 is 5.97 Å². The Labute approximate surface area is 216 Å². The van der Waals surface area contributed by atoms with Gasteiger partial charge in [-0.1, -0.05) is 34.7 Å². The van der Waals surface area contributed by atoms with E-state index in [1.165, 1.54) is 52.3 Å². The normalized spacial score (nSPS) is 10.9. The summed E-state index contributed by atoms with van der Waals surface area (Å²) in [6, 6.07) is 9.18. The monoisotopic (exact) mass is 550 g/mol. The van der Waals surface area contributed by atoms with Gasteiger partial charge in [-0.25, -0.2) is 19.0 Å². The summed E-state index contributed by atoms with van der Waals surface area (Å²) in [5.41, 5.74) is 1.50. The van der Waals surface area contributed by atoms with Crippen molar-refractivity contribution in [3.8, 4) is 0 Å². The van der Waals surface area contributed by atoms with E-state index in [1.807, 2.05) is 0 Å². The lowest BCUT2D eigenvalue weighted by atomic mass is 10.1. The van der Waals surface area contributed by atoms with Gasteiger partial charge in [0, 0.05) is 22.4 Å². The first-order valence-electron chi connectivity index (χ1n) is 9.98. The van der Waals surface area contributed by atoms with Crippen molar-refractivity contribution in [2.75, 3.05) is 11.1 Å². The molecule has 0 saturated heterocycles. The number of rotatable bonds is 9. The maximum absolute atomic E-state index is 13.5. The van der Waals surface area contributed by atoms with Gasteiger partial charge in [0.25, 0.3) is 5.91 Å². The predicted molar refractivity (Wildman–Crippen MR) is 136 cm³/mol. The maximum Gasteiger partial charge on any atom is 0.304 e. The Kier molecular flexibility index (Phi) is 7.90. The number of hydrogen-bond donors (Lipinski definition) is 3. The summed E-state index contributed by atoms with van der Waals surface area (Å²) in [5.74, 6) is -0.967. The molecule has 1 amide bonds. The summed E-state index contributed by atoms with van der Waals surface area (Å²) >= 11 is 13.7. The fourth-order valence-electron chi connectivity index (χ4n) is 2.93. The van der Waals surface area contributed by atoms with Gasteiger partial charge < -0.3 is 15.7 Å². The standard InChI is InChI=1S/C21H16ClFN6O3S3/c22-14-8-12(2-3-15(14)23)27-18-13-7-11(1-4-16(13)24-9-25-18)19(32)26-10-29-21(33)35-20(28-29)34-6-5-17(30)31/h1-4,7-9H,5-6,10H2,(H,26,32)(H,30,31)(H,24,25,27). The van der Waals surface area contributed by atoms with Crippen LogP contribution in [0.4, 0.5) is 15.9 Å². The van der Waals surface area contributed by atoms with Crippen LogP contribution < -0.4 is 10.6 Å². The third-order valence-electron chi connectivity index (χ3n) is 4.60. The zero-order valence-corrected chi connectivity index (χ0v) is 20.9. The van der Waals surface area contributed by atoms with Crippen molar-refractivity contribution >= 4 is 81.2 Å². The molecule has 180 valence electrons. The molecule has 0 aliphatic heterocycles. The van der Waals surface area contributed by atoms with Crippen molar-refractivity contribution in [1.82, 2.24) is 25.1 Å². The summed E-state index contributed by atoms with van der Waals surface area (Å²) in [6.45, 7) is 0.0518. The second-order valence-electron chi connectivity index (χ2n) is 7.00. The van der Waals surface area contributed by atoms with E-state index in [1.54, 1.807) is 18.2 Å². The molecule has 4 rings (SSSR count). The number of aromatic nitrogens is 4. The summed E-state index contributed by atoms with van der Waals surface area (Å²) in [5, 5.41) is 19.5. The van der Waals surface area contributed by atoms with Crippen LogP contribution in [-0.2, 0) is 11.5 Å². The van der Waals surface area contributed by atoms with Crippen molar-refractivity contribution in [2.45, 2.75) is 17.4 Å². The zero-order valence-electron chi connectivity index (χ0n) is 17.7. The Morgan fingerprint density at radius 3 is 2.83 bits per heavy atom. The number of carbonyl (C=O) groups excluding carboxylic acids is 1. The van der Waals surface area contributed by atoms with E-state index in [9.17, 15) is 14.0 Å². The van der Waals surface area contributed by atoms with Gasteiger partial charge in [-0.15, -0.1) is 0 Å². The number of fused-ring (bicyclic) bond motifs is 1. The first kappa shape index (κ1) is 25.0. The molecule has 9 nitrogen and oxygen atoms in total. The minimum Gasteiger partial charge on any atom is -0.481 e. The lowest BCUT2D eigenvalue weighted by molar-refractivity contribution is -0.136. The highest BCUT2D eigenvalue weighted by Crippen LogP contribution is 2.27. The van der Waals surface area contributed by atoms with Gasteiger partial charge in [-0.2, -0.15) is 5.10 Å². The topological polar surface area (TPSA) is 122 Å². The number of anilines is 2. The minimum atomic E-state index is -0.881. The van der Waals surface area contributed by atoms with Gasteiger partial charge in [-0.05, 0) is 48.6 Å². The number of amides is 1. The molecule has 0 atom stereocenters. The molecular weight excluding hydrogens is 535 g/mol. The number of halogens is 2. The van der Waals surface area contributed by atoms with Crippen LogP contribution in [0.1, 0.15) is 16.8 Å². The van der Waals surface area contributed by atoms with Crippen molar-refractivity contribution in [1.29, 1.82) is 0 Å². The van der Waals surface area contributed by atoms with Gasteiger partial charge in [0.1, 0.15) is 24.6 Å². The summed E-state index contributed by atoms with van der Waals surface area (Å²) in [4.78, 5) is 31.9. The Bertz CT molecular complexity index is 1480. The number of nitrogens with zero attached hydrogens (tertiary/aromatic N) is 4. The lowest BCUT2D eigenvalue weighted by Crippen LogP contribution is -2.26. The van der Waals surface area contributed by atoms with Crippen LogP contribution in [0.5, 0.6) is 0 Å². The minimum absolute atomic E-state index is 0.0183. The van der Waals surface area contributed by atoms with Crippen LogP contribution in [0.25, 0.3) is 10.9 Å². The van der Waals surface area contributed by atoms with Gasteiger partial charge in [0.15, 0.2) is 8.29 Å². The quantitative estimate of drug-likeness (QED) is 0.193. The summed E-state index contributed by atoms with van der Waals surface area (Å²) < 4.78 is 16.0. The average molecular weight is 551 g/mol. The maximum atomic E-state index is 13.5. The molecule has 2 aromatic heterocycles. The second kappa shape index (κ2) is 11.1. The van der Waals surface area contributed by atoms with Crippen LogP contribution >= 0.6 is 46.9 Å². The molecule has 2 heterocycles. The van der Waals surface area contributed by atoms with E-state index in [0.29, 0.717) is 42.0 Å². The van der Waals surface area contributed by atoms with Gasteiger partial charge in [0.05, 0.1) is 17.0 Å². The highest BCUT2D eigenvalue weighted by atomic mass is 35.5. The van der Waals surface area contributed by atoms with Crippen LogP contribution in [-0.4, -0.2) is 42.5 Å². The number of benzene rings is 2. The highest BCUT2D eigenvalue weighted by molar-refractivity contribution is 8.01. The Morgan fingerprint density at radius 1 is 1.23 bits per heavy atom. The lowest BCUT2D eigenvalue weighted by Gasteiger charge is -2.10. The SMILES string of the molecule is O=C(O)CCSc1nn(CNC(=O)c2ccc3ncnc(Nc4ccc(F)c(Cl)c4)c3c2)c(=S)s1. The van der Waals surface area contributed by atoms with Crippen molar-refractivity contribution in [3.05, 3.63) is 63.1 Å². The third-order valence-corrected chi connectivity index (χ3v) is 7.33. The summed E-state index contributed by atoms with van der Waals surface area (Å²) in [6.07, 6.45) is 1.40. The molecule has 35 heavy (non-hydrogen) atoms. The molecule has 14 heteroatoms. The highest BCUT2D eigenvalue weighted by Gasteiger charge is 2.12. The van der Waals surface area contributed by atoms with Crippen molar-refractivity contribution < 1.29 is 19.1 Å². The van der Waals surface area contributed by atoms with E-state index in [-0.39, 0.29) is 24.0 Å². The van der Waals surface area contributed by atoms with Crippen LogP contribution in [0.3, 0.4) is 0 Å².